The van der Waals surface area contributed by atoms with E-state index in [1.165, 1.54) is 6.07 Å². The molecule has 1 atom stereocenters. The van der Waals surface area contributed by atoms with Gasteiger partial charge in [-0.1, -0.05) is 6.07 Å². The van der Waals surface area contributed by atoms with Crippen LogP contribution in [0.1, 0.15) is 58.8 Å². The number of piperidine rings is 1. The van der Waals surface area contributed by atoms with Crippen molar-refractivity contribution < 1.29 is 23.4 Å². The molecule has 0 amide bonds. The van der Waals surface area contributed by atoms with E-state index in [-0.39, 0.29) is 24.4 Å². The van der Waals surface area contributed by atoms with Crippen molar-refractivity contribution in [1.29, 1.82) is 0 Å². The Kier molecular flexibility index (Phi) is 5.31. The Labute approximate surface area is 196 Å². The van der Waals surface area contributed by atoms with Crippen LogP contribution >= 0.6 is 0 Å². The van der Waals surface area contributed by atoms with E-state index >= 15 is 0 Å². The molecule has 8 heteroatoms. The van der Waals surface area contributed by atoms with Crippen molar-refractivity contribution in [3.05, 3.63) is 58.8 Å². The van der Waals surface area contributed by atoms with E-state index < -0.39 is 17.3 Å². The van der Waals surface area contributed by atoms with Gasteiger partial charge in [-0.15, -0.1) is 0 Å². The summed E-state index contributed by atoms with van der Waals surface area (Å²) in [6.07, 6.45) is 2.95. The fourth-order valence-electron chi connectivity index (χ4n) is 6.04. The van der Waals surface area contributed by atoms with Crippen LogP contribution in [0, 0.1) is 12.3 Å². The van der Waals surface area contributed by atoms with Crippen LogP contribution in [-0.2, 0) is 6.54 Å². The summed E-state index contributed by atoms with van der Waals surface area (Å²) in [5.41, 5.74) is 10.4. The lowest BCUT2D eigenvalue weighted by molar-refractivity contribution is -0.186. The molecule has 6 nitrogen and oxygen atoms in total. The first-order chi connectivity index (χ1) is 16.1. The van der Waals surface area contributed by atoms with Crippen LogP contribution < -0.4 is 10.5 Å². The third-order valence-electron chi connectivity index (χ3n) is 7.65. The second-order valence-corrected chi connectivity index (χ2v) is 9.94. The molecule has 5 rings (SSSR count). The molecule has 2 fully saturated rings. The number of hydrogen-bond acceptors (Lipinski definition) is 4. The molecule has 1 saturated carbocycles. The maximum Gasteiger partial charge on any atom is 0.335 e. The number of alkyl halides is 2. The Morgan fingerprint density at radius 3 is 2.71 bits per heavy atom. The average Bonchev–Trinajstić information content (AvgIpc) is 3.26. The van der Waals surface area contributed by atoms with E-state index in [9.17, 15) is 18.7 Å². The molecule has 180 valence electrons. The summed E-state index contributed by atoms with van der Waals surface area (Å²) in [5.74, 6) is -2.87. The van der Waals surface area contributed by atoms with Crippen LogP contribution in [0.4, 0.5) is 14.5 Å². The third-order valence-corrected chi connectivity index (χ3v) is 7.65. The molecular weight excluding hydrogens is 440 g/mol. The fraction of sp³-hybridized carbons (Fsp3) is 0.423. The highest BCUT2D eigenvalue weighted by Gasteiger charge is 2.58. The number of nitrogens with zero attached hydrogens (tertiary/aromatic N) is 1. The number of nitrogens with two attached hydrogens (primary N) is 1. The number of likely N-dealkylation sites (tertiary alicyclic amines) is 1. The normalized spacial score (nSPS) is 21.5. The van der Waals surface area contributed by atoms with Crippen LogP contribution in [0.15, 0.2) is 36.5 Å². The number of halogens is 2. The minimum Gasteiger partial charge on any atom is -0.496 e. The SMILES string of the molecule is COc1cc(C)c2[nH]ccc2c1CN1CCC2(C[C@H]1c1ccc(C(=O)O)cc1N)CC(F)(F)C2. The number of H-pyrrole nitrogens is 1. The van der Waals surface area contributed by atoms with Crippen molar-refractivity contribution in [1.82, 2.24) is 9.88 Å². The number of benzene rings is 2. The largest absolute Gasteiger partial charge is 0.496 e. The standard InChI is InChI=1S/C26H29F2N3O3/c1-15-9-22(34-2)19(17-5-7-30-23(15)17)12-31-8-6-25(13-26(27,28)14-25)11-21(31)18-4-3-16(24(32)33)10-20(18)29/h3-5,7,9-10,21,30H,6,8,11-14,29H2,1-2H3,(H,32,33)/t21-/m0/s1. The predicted octanol–water partition coefficient (Wildman–Crippen LogP) is 5.52. The molecule has 1 aliphatic heterocycles. The molecule has 0 unspecified atom stereocenters. The van der Waals surface area contributed by atoms with Gasteiger partial charge in [0.2, 0.25) is 5.92 Å². The number of nitrogen functional groups attached to an aromatic ring is 1. The lowest BCUT2D eigenvalue weighted by Crippen LogP contribution is -2.53. The number of fused-ring (bicyclic) bond motifs is 1. The summed E-state index contributed by atoms with van der Waals surface area (Å²) in [5, 5.41) is 10.4. The van der Waals surface area contributed by atoms with E-state index in [0.717, 1.165) is 33.3 Å². The highest BCUT2D eigenvalue weighted by atomic mass is 19.3. The second-order valence-electron chi connectivity index (χ2n) is 9.94. The number of aromatic amines is 1. The molecule has 2 aliphatic rings. The summed E-state index contributed by atoms with van der Waals surface area (Å²) in [7, 11) is 1.65. The average molecular weight is 470 g/mol. The van der Waals surface area contributed by atoms with Crippen molar-refractivity contribution in [2.45, 2.75) is 51.1 Å². The number of aryl methyl sites for hydroxylation is 1. The molecule has 34 heavy (non-hydrogen) atoms. The molecule has 1 spiro atoms. The number of anilines is 1. The number of carboxylic acid groups (broad SMARTS) is 1. The molecule has 1 aliphatic carbocycles. The smallest absolute Gasteiger partial charge is 0.335 e. The number of methoxy groups -OCH3 is 1. The third kappa shape index (κ3) is 3.79. The van der Waals surface area contributed by atoms with Gasteiger partial charge in [-0.3, -0.25) is 4.90 Å². The van der Waals surface area contributed by atoms with Gasteiger partial charge in [0.1, 0.15) is 5.75 Å². The number of carbonyl (C=O) groups is 1. The topological polar surface area (TPSA) is 91.6 Å². The molecule has 4 N–H and O–H groups in total. The van der Waals surface area contributed by atoms with Gasteiger partial charge >= 0.3 is 5.97 Å². The quantitative estimate of drug-likeness (QED) is 0.428. The summed E-state index contributed by atoms with van der Waals surface area (Å²) < 4.78 is 33.6. The first kappa shape index (κ1) is 22.7. The van der Waals surface area contributed by atoms with Crippen LogP contribution in [0.3, 0.4) is 0 Å². The number of rotatable bonds is 5. The Hall–Kier alpha value is -3.13. The molecule has 3 aromatic rings. The van der Waals surface area contributed by atoms with Crippen LogP contribution in [0.25, 0.3) is 10.9 Å². The van der Waals surface area contributed by atoms with E-state index in [4.69, 9.17) is 10.5 Å². The maximum atomic E-state index is 13.9. The van der Waals surface area contributed by atoms with E-state index in [1.54, 1.807) is 19.2 Å². The van der Waals surface area contributed by atoms with Gasteiger partial charge in [0.15, 0.2) is 0 Å². The molecule has 0 radical (unpaired) electrons. The van der Waals surface area contributed by atoms with E-state index in [2.05, 4.69) is 9.88 Å². The van der Waals surface area contributed by atoms with Crippen molar-refractivity contribution in [2.24, 2.45) is 5.41 Å². The molecule has 2 aromatic carbocycles. The van der Waals surface area contributed by atoms with Gasteiger partial charge in [-0.2, -0.15) is 0 Å². The number of hydrogen-bond donors (Lipinski definition) is 3. The number of ether oxygens (including phenoxy) is 1. The van der Waals surface area contributed by atoms with Gasteiger partial charge < -0.3 is 20.6 Å². The van der Waals surface area contributed by atoms with Crippen molar-refractivity contribution in [3.63, 3.8) is 0 Å². The lowest BCUT2D eigenvalue weighted by atomic mass is 9.59. The zero-order valence-corrected chi connectivity index (χ0v) is 19.3. The first-order valence-electron chi connectivity index (χ1n) is 11.5. The minimum atomic E-state index is -2.61. The highest BCUT2D eigenvalue weighted by Crippen LogP contribution is 2.61. The minimum absolute atomic E-state index is 0.104. The molecule has 1 saturated heterocycles. The number of nitrogens with one attached hydrogen (secondary N) is 1. The van der Waals surface area contributed by atoms with Crippen LogP contribution in [0.2, 0.25) is 0 Å². The molecular formula is C26H29F2N3O3. The summed E-state index contributed by atoms with van der Waals surface area (Å²) >= 11 is 0. The van der Waals surface area contributed by atoms with Crippen molar-refractivity contribution in [3.8, 4) is 5.75 Å². The summed E-state index contributed by atoms with van der Waals surface area (Å²) in [6.45, 7) is 3.24. The van der Waals surface area contributed by atoms with E-state index in [1.807, 2.05) is 25.3 Å². The maximum absolute atomic E-state index is 13.9. The summed E-state index contributed by atoms with van der Waals surface area (Å²) in [4.78, 5) is 17.0. The van der Waals surface area contributed by atoms with Gasteiger partial charge in [0, 0.05) is 53.8 Å². The Bertz CT molecular complexity index is 1260. The Morgan fingerprint density at radius 1 is 1.29 bits per heavy atom. The zero-order valence-electron chi connectivity index (χ0n) is 19.3. The highest BCUT2D eigenvalue weighted by molar-refractivity contribution is 5.89. The Morgan fingerprint density at radius 2 is 2.06 bits per heavy atom. The van der Waals surface area contributed by atoms with Gasteiger partial charge in [-0.25, -0.2) is 13.6 Å². The van der Waals surface area contributed by atoms with Crippen molar-refractivity contribution >= 4 is 22.6 Å². The first-order valence-corrected chi connectivity index (χ1v) is 11.5. The zero-order chi connectivity index (χ0) is 24.3. The monoisotopic (exact) mass is 469 g/mol. The summed E-state index contributed by atoms with van der Waals surface area (Å²) in [6, 6.07) is 8.58. The molecule has 0 bridgehead atoms. The van der Waals surface area contributed by atoms with Gasteiger partial charge in [0.25, 0.3) is 0 Å². The number of carboxylic acids is 1. The number of aromatic nitrogens is 1. The fourth-order valence-corrected chi connectivity index (χ4v) is 6.04. The molecule has 1 aromatic heterocycles. The Balaban J connectivity index is 1.54. The second kappa shape index (κ2) is 7.98. The van der Waals surface area contributed by atoms with Crippen LogP contribution in [0.5, 0.6) is 5.75 Å². The van der Waals surface area contributed by atoms with Gasteiger partial charge in [0.05, 0.1) is 12.7 Å². The van der Waals surface area contributed by atoms with Crippen LogP contribution in [-0.4, -0.2) is 40.5 Å². The van der Waals surface area contributed by atoms with Crippen molar-refractivity contribution in [2.75, 3.05) is 19.4 Å². The van der Waals surface area contributed by atoms with E-state index in [0.29, 0.717) is 31.6 Å². The number of aromatic carboxylic acids is 1. The predicted molar refractivity (Wildman–Crippen MR) is 126 cm³/mol. The molecule has 2 heterocycles. The lowest BCUT2D eigenvalue weighted by Gasteiger charge is -2.55. The van der Waals surface area contributed by atoms with Gasteiger partial charge in [-0.05, 0) is 67.1 Å².